The van der Waals surface area contributed by atoms with E-state index >= 15 is 0 Å². The Morgan fingerprint density at radius 2 is 2.12 bits per heavy atom. The van der Waals surface area contributed by atoms with Gasteiger partial charge in [0.2, 0.25) is 0 Å². The number of hydrogen-bond donors (Lipinski definition) is 1. The number of hydrogen-bond acceptors (Lipinski definition) is 1. The fraction of sp³-hybridized carbons (Fsp3) is 0.429. The van der Waals surface area contributed by atoms with Crippen molar-refractivity contribution >= 4 is 0 Å². The van der Waals surface area contributed by atoms with E-state index in [1.807, 2.05) is 6.20 Å². The van der Waals surface area contributed by atoms with Crippen LogP contribution in [0.15, 0.2) is 24.4 Å². The molecule has 0 aromatic heterocycles. The van der Waals surface area contributed by atoms with Crippen LogP contribution in [-0.2, 0) is 0 Å². The number of nitrogens with one attached hydrogen (secondary N) is 1. The van der Waals surface area contributed by atoms with Gasteiger partial charge in [0.25, 0.3) is 0 Å². The summed E-state index contributed by atoms with van der Waals surface area (Å²) in [6, 6.07) is 0. The molecule has 0 unspecified atom stereocenters. The second kappa shape index (κ2) is 3.30. The van der Waals surface area contributed by atoms with E-state index in [9.17, 15) is 0 Å². The highest BCUT2D eigenvalue weighted by Crippen LogP contribution is 1.90. The number of allylic oxidation sites excluding steroid dienone is 2. The monoisotopic (exact) mass is 109 g/mol. The molecule has 1 nitrogen and oxygen atoms in total. The van der Waals surface area contributed by atoms with Gasteiger partial charge in [0.15, 0.2) is 0 Å². The minimum Gasteiger partial charge on any atom is -0.391 e. The molecule has 0 atom stereocenters. The highest BCUT2D eigenvalue weighted by Gasteiger charge is 1.80. The Bertz CT molecular complexity index is 91.0. The maximum absolute atomic E-state index is 3.16. The van der Waals surface area contributed by atoms with Crippen LogP contribution in [0.4, 0.5) is 0 Å². The Morgan fingerprint density at radius 1 is 1.12 bits per heavy atom. The average molecular weight is 109 g/mol. The van der Waals surface area contributed by atoms with Crippen molar-refractivity contribution in [2.24, 2.45) is 0 Å². The van der Waals surface area contributed by atoms with Crippen molar-refractivity contribution in [3.8, 4) is 0 Å². The standard InChI is InChI=1S/C7H11N/c1-2-4-6-8-7-5-3-1/h1-2,5,7-8H,3-4,6H2/b2-1?,7-5-. The zero-order chi connectivity index (χ0) is 5.66. The molecule has 1 N–H and O–H groups in total. The molecule has 0 aliphatic carbocycles. The van der Waals surface area contributed by atoms with E-state index in [-0.39, 0.29) is 0 Å². The Hall–Kier alpha value is -0.720. The zero-order valence-electron chi connectivity index (χ0n) is 4.93. The Balaban J connectivity index is 2.31. The Labute approximate surface area is 50.1 Å². The minimum absolute atomic E-state index is 1.08. The first kappa shape index (κ1) is 5.42. The van der Waals surface area contributed by atoms with E-state index in [0.29, 0.717) is 0 Å². The summed E-state index contributed by atoms with van der Waals surface area (Å²) in [5.41, 5.74) is 0. The molecule has 0 fully saturated rings. The lowest BCUT2D eigenvalue weighted by molar-refractivity contribution is 0.840. The molecule has 0 saturated carbocycles. The summed E-state index contributed by atoms with van der Waals surface area (Å²) in [7, 11) is 0. The van der Waals surface area contributed by atoms with Gasteiger partial charge in [0.05, 0.1) is 0 Å². The first-order valence-corrected chi connectivity index (χ1v) is 3.03. The summed E-state index contributed by atoms with van der Waals surface area (Å²) < 4.78 is 0. The fourth-order valence-corrected chi connectivity index (χ4v) is 0.694. The number of rotatable bonds is 0. The largest absolute Gasteiger partial charge is 0.391 e. The third kappa shape index (κ3) is 1.82. The fourth-order valence-electron chi connectivity index (χ4n) is 0.694. The predicted molar refractivity (Wildman–Crippen MR) is 35.5 cm³/mol. The summed E-state index contributed by atoms with van der Waals surface area (Å²) >= 11 is 0. The topological polar surface area (TPSA) is 12.0 Å². The molecule has 0 spiro atoms. The third-order valence-electron chi connectivity index (χ3n) is 1.13. The second-order valence-electron chi connectivity index (χ2n) is 1.85. The highest BCUT2D eigenvalue weighted by molar-refractivity contribution is 4.94. The molecule has 1 rings (SSSR count). The van der Waals surface area contributed by atoms with Gasteiger partial charge in [-0.25, -0.2) is 0 Å². The summed E-state index contributed by atoms with van der Waals surface area (Å²) in [5, 5.41) is 3.16. The second-order valence-corrected chi connectivity index (χ2v) is 1.85. The summed E-state index contributed by atoms with van der Waals surface area (Å²) in [4.78, 5) is 0. The van der Waals surface area contributed by atoms with Gasteiger partial charge in [0, 0.05) is 6.54 Å². The summed E-state index contributed by atoms with van der Waals surface area (Å²) in [5.74, 6) is 0. The third-order valence-corrected chi connectivity index (χ3v) is 1.13. The van der Waals surface area contributed by atoms with E-state index in [1.165, 1.54) is 0 Å². The molecule has 0 bridgehead atoms. The summed E-state index contributed by atoms with van der Waals surface area (Å²) in [6.45, 7) is 1.08. The molecular formula is C7H11N. The minimum atomic E-state index is 1.08. The van der Waals surface area contributed by atoms with Gasteiger partial charge in [0.1, 0.15) is 0 Å². The summed E-state index contributed by atoms with van der Waals surface area (Å²) in [6.07, 6.45) is 10.8. The molecule has 0 radical (unpaired) electrons. The van der Waals surface area contributed by atoms with Crippen LogP contribution in [0.2, 0.25) is 0 Å². The Morgan fingerprint density at radius 3 is 3.12 bits per heavy atom. The molecule has 0 aromatic rings. The van der Waals surface area contributed by atoms with E-state index < -0.39 is 0 Å². The van der Waals surface area contributed by atoms with Crippen LogP contribution in [0.3, 0.4) is 0 Å². The first-order valence-electron chi connectivity index (χ1n) is 3.03. The molecule has 0 aromatic carbocycles. The van der Waals surface area contributed by atoms with Gasteiger partial charge < -0.3 is 5.32 Å². The van der Waals surface area contributed by atoms with Crippen molar-refractivity contribution in [3.63, 3.8) is 0 Å². The predicted octanol–water partition coefficient (Wildman–Crippen LogP) is 1.44. The van der Waals surface area contributed by atoms with E-state index in [1.54, 1.807) is 0 Å². The van der Waals surface area contributed by atoms with Crippen LogP contribution < -0.4 is 5.32 Å². The lowest BCUT2D eigenvalue weighted by Crippen LogP contribution is -2.05. The van der Waals surface area contributed by atoms with Crippen molar-refractivity contribution < 1.29 is 0 Å². The van der Waals surface area contributed by atoms with Crippen molar-refractivity contribution in [2.45, 2.75) is 12.8 Å². The van der Waals surface area contributed by atoms with E-state index in [4.69, 9.17) is 0 Å². The van der Waals surface area contributed by atoms with E-state index in [0.717, 1.165) is 19.4 Å². The SMILES string of the molecule is C1=CCCN/C=C\C1. The lowest BCUT2D eigenvalue weighted by atomic mass is 10.3. The van der Waals surface area contributed by atoms with Crippen LogP contribution in [0.5, 0.6) is 0 Å². The van der Waals surface area contributed by atoms with Gasteiger partial charge in [-0.05, 0) is 19.0 Å². The van der Waals surface area contributed by atoms with Gasteiger partial charge in [-0.1, -0.05) is 18.2 Å². The van der Waals surface area contributed by atoms with Gasteiger partial charge in [-0.2, -0.15) is 0 Å². The van der Waals surface area contributed by atoms with Crippen LogP contribution in [0.1, 0.15) is 12.8 Å². The molecule has 1 heterocycles. The van der Waals surface area contributed by atoms with Crippen molar-refractivity contribution in [1.82, 2.24) is 5.32 Å². The quantitative estimate of drug-likeness (QED) is 0.464. The molecule has 1 aliphatic rings. The van der Waals surface area contributed by atoms with Gasteiger partial charge >= 0.3 is 0 Å². The Kier molecular flexibility index (Phi) is 2.24. The molecule has 1 aliphatic heterocycles. The van der Waals surface area contributed by atoms with Crippen LogP contribution in [0.25, 0.3) is 0 Å². The lowest BCUT2D eigenvalue weighted by Gasteiger charge is -1.97. The zero-order valence-corrected chi connectivity index (χ0v) is 4.93. The van der Waals surface area contributed by atoms with Gasteiger partial charge in [-0.15, -0.1) is 0 Å². The van der Waals surface area contributed by atoms with Crippen LogP contribution in [-0.4, -0.2) is 6.54 Å². The van der Waals surface area contributed by atoms with Crippen molar-refractivity contribution in [2.75, 3.05) is 6.54 Å². The normalized spacial score (nSPS) is 23.0. The first-order chi connectivity index (χ1) is 4.00. The molecule has 0 amide bonds. The van der Waals surface area contributed by atoms with Crippen molar-refractivity contribution in [3.05, 3.63) is 24.4 Å². The highest BCUT2D eigenvalue weighted by atomic mass is 14.8. The maximum Gasteiger partial charge on any atom is 0.0175 e. The molecular weight excluding hydrogens is 98.1 g/mol. The maximum atomic E-state index is 3.16. The molecule has 1 heteroatoms. The van der Waals surface area contributed by atoms with Gasteiger partial charge in [-0.3, -0.25) is 0 Å². The molecule has 8 heavy (non-hydrogen) atoms. The van der Waals surface area contributed by atoms with Crippen LogP contribution >= 0.6 is 0 Å². The average Bonchev–Trinajstić information content (AvgIpc) is 1.62. The smallest absolute Gasteiger partial charge is 0.0175 e. The van der Waals surface area contributed by atoms with Crippen molar-refractivity contribution in [1.29, 1.82) is 0 Å². The van der Waals surface area contributed by atoms with Crippen LogP contribution in [0, 0.1) is 0 Å². The molecule has 0 saturated heterocycles. The molecule has 44 valence electrons. The van der Waals surface area contributed by atoms with E-state index in [2.05, 4.69) is 23.5 Å².